The Morgan fingerprint density at radius 1 is 1.45 bits per heavy atom. The van der Waals surface area contributed by atoms with Crippen LogP contribution in [0.1, 0.15) is 17.3 Å². The molecule has 0 aliphatic carbocycles. The Balaban J connectivity index is 1.88. The van der Waals surface area contributed by atoms with Crippen molar-refractivity contribution in [1.82, 2.24) is 15.5 Å². The number of amides is 2. The van der Waals surface area contributed by atoms with Crippen molar-refractivity contribution < 1.29 is 9.59 Å². The number of benzene rings is 1. The first-order valence-corrected chi connectivity index (χ1v) is 7.40. The van der Waals surface area contributed by atoms with Gasteiger partial charge in [-0.3, -0.25) is 19.8 Å². The van der Waals surface area contributed by atoms with Crippen LogP contribution in [0.25, 0.3) is 0 Å². The van der Waals surface area contributed by atoms with Crippen molar-refractivity contribution in [2.45, 2.75) is 13.0 Å². The lowest BCUT2D eigenvalue weighted by Crippen LogP contribution is -2.52. The molecule has 1 aromatic rings. The van der Waals surface area contributed by atoms with E-state index in [1.54, 1.807) is 18.2 Å². The zero-order valence-corrected chi connectivity index (χ0v) is 12.9. The molecule has 1 aliphatic rings. The molecule has 1 fully saturated rings. The van der Waals surface area contributed by atoms with Crippen LogP contribution in [0, 0.1) is 0 Å². The highest BCUT2D eigenvalue weighted by atomic mass is 79.9. The monoisotopic (exact) mass is 339 g/mol. The number of carbonyl (C=O) groups excluding carboxylic acids is 2. The molecule has 0 saturated carbocycles. The standard InChI is InChI=1S/C14H18BrN3O2/c1-10-8-18(7-6-16-10)9-13(19)17-14(20)11-4-2-3-5-12(11)15/h2-5,10,16H,6-9H2,1H3,(H,17,19,20). The maximum absolute atomic E-state index is 12.0. The Labute approximate surface area is 126 Å². The first-order valence-electron chi connectivity index (χ1n) is 6.60. The predicted molar refractivity (Wildman–Crippen MR) is 80.5 cm³/mol. The van der Waals surface area contributed by atoms with E-state index >= 15 is 0 Å². The predicted octanol–water partition coefficient (Wildman–Crippen LogP) is 0.999. The maximum atomic E-state index is 12.0. The summed E-state index contributed by atoms with van der Waals surface area (Å²) >= 11 is 3.30. The van der Waals surface area contributed by atoms with Gasteiger partial charge in [0.05, 0.1) is 12.1 Å². The van der Waals surface area contributed by atoms with Gasteiger partial charge in [-0.2, -0.15) is 0 Å². The molecule has 0 aromatic heterocycles. The number of piperazine rings is 1. The summed E-state index contributed by atoms with van der Waals surface area (Å²) in [6.45, 7) is 4.84. The van der Waals surface area contributed by atoms with Crippen LogP contribution in [0.15, 0.2) is 28.7 Å². The summed E-state index contributed by atoms with van der Waals surface area (Å²) in [5.74, 6) is -0.634. The van der Waals surface area contributed by atoms with Crippen molar-refractivity contribution in [1.29, 1.82) is 0 Å². The summed E-state index contributed by atoms with van der Waals surface area (Å²) < 4.78 is 0.682. The van der Waals surface area contributed by atoms with Gasteiger partial charge in [0.2, 0.25) is 5.91 Å². The van der Waals surface area contributed by atoms with E-state index in [1.165, 1.54) is 0 Å². The van der Waals surface area contributed by atoms with Gasteiger partial charge in [-0.15, -0.1) is 0 Å². The number of nitrogens with zero attached hydrogens (tertiary/aromatic N) is 1. The average molecular weight is 340 g/mol. The topological polar surface area (TPSA) is 61.4 Å². The van der Waals surface area contributed by atoms with E-state index in [1.807, 2.05) is 11.0 Å². The van der Waals surface area contributed by atoms with Crippen LogP contribution in [-0.4, -0.2) is 48.9 Å². The van der Waals surface area contributed by atoms with Gasteiger partial charge in [0.15, 0.2) is 0 Å². The van der Waals surface area contributed by atoms with Gasteiger partial charge in [0.25, 0.3) is 5.91 Å². The van der Waals surface area contributed by atoms with E-state index in [-0.39, 0.29) is 18.4 Å². The number of rotatable bonds is 3. The molecule has 2 amide bonds. The third kappa shape index (κ3) is 4.13. The van der Waals surface area contributed by atoms with Gasteiger partial charge < -0.3 is 5.32 Å². The van der Waals surface area contributed by atoms with Gasteiger partial charge in [-0.05, 0) is 35.0 Å². The van der Waals surface area contributed by atoms with Gasteiger partial charge in [-0.1, -0.05) is 12.1 Å². The molecule has 1 saturated heterocycles. The fourth-order valence-corrected chi connectivity index (χ4v) is 2.70. The Morgan fingerprint density at radius 3 is 2.90 bits per heavy atom. The number of hydrogen-bond acceptors (Lipinski definition) is 4. The summed E-state index contributed by atoms with van der Waals surface area (Å²) in [7, 11) is 0. The Hall–Kier alpha value is -1.24. The molecule has 1 unspecified atom stereocenters. The number of halogens is 1. The molecule has 2 N–H and O–H groups in total. The fourth-order valence-electron chi connectivity index (χ4n) is 2.24. The van der Waals surface area contributed by atoms with Crippen molar-refractivity contribution in [2.24, 2.45) is 0 Å². The third-order valence-corrected chi connectivity index (χ3v) is 3.88. The van der Waals surface area contributed by atoms with Crippen molar-refractivity contribution in [3.05, 3.63) is 34.3 Å². The van der Waals surface area contributed by atoms with E-state index in [0.29, 0.717) is 16.1 Å². The lowest BCUT2D eigenvalue weighted by molar-refractivity contribution is -0.121. The molecule has 1 atom stereocenters. The van der Waals surface area contributed by atoms with Crippen LogP contribution >= 0.6 is 15.9 Å². The molecule has 108 valence electrons. The molecule has 20 heavy (non-hydrogen) atoms. The van der Waals surface area contributed by atoms with Crippen LogP contribution in [0.2, 0.25) is 0 Å². The second-order valence-corrected chi connectivity index (χ2v) is 5.80. The van der Waals surface area contributed by atoms with Crippen LogP contribution in [0.5, 0.6) is 0 Å². The van der Waals surface area contributed by atoms with Crippen LogP contribution < -0.4 is 10.6 Å². The summed E-state index contributed by atoms with van der Waals surface area (Å²) in [5, 5.41) is 5.74. The Morgan fingerprint density at radius 2 is 2.20 bits per heavy atom. The second-order valence-electron chi connectivity index (χ2n) is 4.95. The first-order chi connectivity index (χ1) is 9.56. The van der Waals surface area contributed by atoms with Crippen molar-refractivity contribution >= 4 is 27.7 Å². The molecule has 0 bridgehead atoms. The molecule has 6 heteroatoms. The Bertz CT molecular complexity index is 507. The minimum Gasteiger partial charge on any atom is -0.312 e. The zero-order chi connectivity index (χ0) is 14.5. The molecular weight excluding hydrogens is 322 g/mol. The van der Waals surface area contributed by atoms with E-state index in [2.05, 4.69) is 33.5 Å². The van der Waals surface area contributed by atoms with Crippen molar-refractivity contribution in [3.63, 3.8) is 0 Å². The SMILES string of the molecule is CC1CN(CC(=O)NC(=O)c2ccccc2Br)CCN1. The van der Waals surface area contributed by atoms with Gasteiger partial charge in [0, 0.05) is 30.1 Å². The van der Waals surface area contributed by atoms with Crippen LogP contribution in [0.3, 0.4) is 0 Å². The molecule has 1 aromatic carbocycles. The van der Waals surface area contributed by atoms with E-state index in [4.69, 9.17) is 0 Å². The molecular formula is C14H18BrN3O2. The highest BCUT2D eigenvalue weighted by Crippen LogP contribution is 2.15. The quantitative estimate of drug-likeness (QED) is 0.862. The van der Waals surface area contributed by atoms with Gasteiger partial charge >= 0.3 is 0 Å². The Kier molecular flexibility index (Phi) is 5.28. The molecule has 0 spiro atoms. The summed E-state index contributed by atoms with van der Waals surface area (Å²) in [6.07, 6.45) is 0. The highest BCUT2D eigenvalue weighted by molar-refractivity contribution is 9.10. The van der Waals surface area contributed by atoms with Crippen molar-refractivity contribution in [3.8, 4) is 0 Å². The molecule has 1 heterocycles. The minimum absolute atomic E-state index is 0.252. The first kappa shape index (κ1) is 15.2. The summed E-state index contributed by atoms with van der Waals surface area (Å²) in [4.78, 5) is 25.9. The highest BCUT2D eigenvalue weighted by Gasteiger charge is 2.19. The number of carbonyl (C=O) groups is 2. The smallest absolute Gasteiger partial charge is 0.259 e. The normalized spacial score (nSPS) is 19.6. The van der Waals surface area contributed by atoms with Crippen LogP contribution in [0.4, 0.5) is 0 Å². The summed E-state index contributed by atoms with van der Waals surface area (Å²) in [6, 6.07) is 7.42. The molecule has 5 nitrogen and oxygen atoms in total. The van der Waals surface area contributed by atoms with E-state index in [9.17, 15) is 9.59 Å². The minimum atomic E-state index is -0.370. The summed E-state index contributed by atoms with van der Waals surface area (Å²) in [5.41, 5.74) is 0.467. The fraction of sp³-hybridized carbons (Fsp3) is 0.429. The molecule has 0 radical (unpaired) electrons. The largest absolute Gasteiger partial charge is 0.312 e. The van der Waals surface area contributed by atoms with E-state index < -0.39 is 0 Å². The number of imide groups is 1. The average Bonchev–Trinajstić information content (AvgIpc) is 2.38. The lowest BCUT2D eigenvalue weighted by atomic mass is 10.2. The van der Waals surface area contributed by atoms with Crippen molar-refractivity contribution in [2.75, 3.05) is 26.2 Å². The van der Waals surface area contributed by atoms with Crippen LogP contribution in [-0.2, 0) is 4.79 Å². The number of hydrogen-bond donors (Lipinski definition) is 2. The number of nitrogens with one attached hydrogen (secondary N) is 2. The van der Waals surface area contributed by atoms with E-state index in [0.717, 1.165) is 19.6 Å². The molecule has 1 aliphatic heterocycles. The zero-order valence-electron chi connectivity index (χ0n) is 11.4. The molecule has 2 rings (SSSR count). The van der Waals surface area contributed by atoms with Gasteiger partial charge in [-0.25, -0.2) is 0 Å². The maximum Gasteiger partial charge on any atom is 0.259 e. The van der Waals surface area contributed by atoms with Gasteiger partial charge in [0.1, 0.15) is 0 Å². The second kappa shape index (κ2) is 6.97. The lowest BCUT2D eigenvalue weighted by Gasteiger charge is -2.31. The third-order valence-electron chi connectivity index (χ3n) is 3.19.